The number of carbonyl (C=O) groups is 4. The van der Waals surface area contributed by atoms with E-state index in [1.807, 2.05) is 29.8 Å². The van der Waals surface area contributed by atoms with E-state index < -0.39 is 41.3 Å². The van der Waals surface area contributed by atoms with Gasteiger partial charge in [-0.1, -0.05) is 0 Å². The second-order valence-corrected chi connectivity index (χ2v) is 15.9. The lowest BCUT2D eigenvalue weighted by Gasteiger charge is -2.40. The number of imide groups is 1. The lowest BCUT2D eigenvalue weighted by Crippen LogP contribution is -2.51. The molecule has 3 aliphatic heterocycles. The van der Waals surface area contributed by atoms with Crippen LogP contribution in [0.4, 0.5) is 25.1 Å². The molecule has 4 fully saturated rings. The average Bonchev–Trinajstić information content (AvgIpc) is 3.78. The van der Waals surface area contributed by atoms with E-state index >= 15 is 4.39 Å². The van der Waals surface area contributed by atoms with E-state index in [9.17, 15) is 28.4 Å². The van der Waals surface area contributed by atoms with Crippen molar-refractivity contribution in [2.45, 2.75) is 95.0 Å². The first kappa shape index (κ1) is 38.9. The number of nitrogens with one attached hydrogen (secondary N) is 2. The highest BCUT2D eigenvalue weighted by atomic mass is 19.1. The minimum Gasteiger partial charge on any atom is -0.474 e. The summed E-state index contributed by atoms with van der Waals surface area (Å²) < 4.78 is 37.8. The number of amides is 5. The smallest absolute Gasteiger partial charge is 0.319 e. The Morgan fingerprint density at radius 1 is 1.03 bits per heavy atom. The fourth-order valence-corrected chi connectivity index (χ4v) is 8.18. The number of ether oxygens (including phenoxy) is 1. The third-order valence-electron chi connectivity index (χ3n) is 11.6. The summed E-state index contributed by atoms with van der Waals surface area (Å²) in [6.07, 6.45) is 8.42. The molecule has 1 aliphatic carbocycles. The summed E-state index contributed by atoms with van der Waals surface area (Å²) in [5.74, 6) is -1.84. The first-order valence-electron chi connectivity index (χ1n) is 19.8. The average molecular weight is 801 g/mol. The van der Waals surface area contributed by atoms with Gasteiger partial charge in [0, 0.05) is 82.8 Å². The summed E-state index contributed by atoms with van der Waals surface area (Å²) in [5, 5.41) is 4.96. The first-order valence-corrected chi connectivity index (χ1v) is 19.8. The highest BCUT2D eigenvalue weighted by Crippen LogP contribution is 2.38. The largest absolute Gasteiger partial charge is 0.474 e. The van der Waals surface area contributed by atoms with Gasteiger partial charge in [-0.05, 0) is 69.7 Å². The van der Waals surface area contributed by atoms with Crippen molar-refractivity contribution in [3.05, 3.63) is 76.0 Å². The molecule has 58 heavy (non-hydrogen) atoms. The summed E-state index contributed by atoms with van der Waals surface area (Å²) in [5.41, 5.74) is 0.853. The zero-order valence-corrected chi connectivity index (χ0v) is 32.6. The Labute approximate surface area is 332 Å². The summed E-state index contributed by atoms with van der Waals surface area (Å²) in [7, 11) is 1.81. The number of likely N-dealkylation sites (tertiary alicyclic amines) is 1. The van der Waals surface area contributed by atoms with Gasteiger partial charge in [-0.25, -0.2) is 23.5 Å². The zero-order chi connectivity index (χ0) is 40.8. The Balaban J connectivity index is 0.873. The lowest BCUT2D eigenvalue weighted by molar-refractivity contribution is -0.134. The van der Waals surface area contributed by atoms with E-state index in [0.29, 0.717) is 69.6 Å². The first-order chi connectivity index (χ1) is 27.8. The molecule has 1 unspecified atom stereocenters. The predicted molar refractivity (Wildman–Crippen MR) is 207 cm³/mol. The van der Waals surface area contributed by atoms with Gasteiger partial charge < -0.3 is 29.3 Å². The van der Waals surface area contributed by atoms with Gasteiger partial charge in [0.25, 0.3) is 11.5 Å². The Kier molecular flexibility index (Phi) is 10.6. The Bertz CT molecular complexity index is 2320. The van der Waals surface area contributed by atoms with E-state index in [1.54, 1.807) is 28.6 Å². The molecular weight excluding hydrogens is 754 g/mol. The van der Waals surface area contributed by atoms with Gasteiger partial charge in [0.05, 0.1) is 23.8 Å². The minimum absolute atomic E-state index is 0.0225. The monoisotopic (exact) mass is 800 g/mol. The SMILES string of the molecule is CC(C)Oc1nc2nc(C3CCN(C(=O)N(C)C4CCN(c5ncc(C6CCC(=O)NC6=O)cc5F)CC4)CC3)cn2cc1C(=O)Nc1cccn([C@H]2C[C@H]2F)c1=O. The summed E-state index contributed by atoms with van der Waals surface area (Å²) in [6.45, 7) is 5.69. The van der Waals surface area contributed by atoms with Gasteiger partial charge in [0.15, 0.2) is 11.6 Å². The minimum atomic E-state index is -1.08. The quantitative estimate of drug-likeness (QED) is 0.234. The molecule has 4 aromatic heterocycles. The molecule has 5 amide bonds. The Morgan fingerprint density at radius 3 is 2.45 bits per heavy atom. The van der Waals surface area contributed by atoms with Crippen molar-refractivity contribution in [3.63, 3.8) is 0 Å². The van der Waals surface area contributed by atoms with Crippen LogP contribution in [0.2, 0.25) is 0 Å². The molecule has 0 bridgehead atoms. The van der Waals surface area contributed by atoms with Gasteiger partial charge in [-0.15, -0.1) is 0 Å². The summed E-state index contributed by atoms with van der Waals surface area (Å²) in [6, 6.07) is 3.77. The van der Waals surface area contributed by atoms with Gasteiger partial charge >= 0.3 is 6.03 Å². The zero-order valence-electron chi connectivity index (χ0n) is 32.6. The van der Waals surface area contributed by atoms with Crippen LogP contribution < -0.4 is 25.8 Å². The number of halogens is 2. The number of anilines is 2. The number of hydrogen-bond donors (Lipinski definition) is 2. The van der Waals surface area contributed by atoms with Crippen molar-refractivity contribution in [1.29, 1.82) is 0 Å². The molecule has 2 N–H and O–H groups in total. The number of imidazole rings is 1. The van der Waals surface area contributed by atoms with Crippen LogP contribution in [0.25, 0.3) is 5.78 Å². The highest BCUT2D eigenvalue weighted by molar-refractivity contribution is 6.05. The molecule has 4 aromatic rings. The highest BCUT2D eigenvalue weighted by Gasteiger charge is 2.40. The number of aromatic nitrogens is 5. The molecule has 306 valence electrons. The van der Waals surface area contributed by atoms with Gasteiger partial charge in [-0.3, -0.25) is 28.9 Å². The van der Waals surface area contributed by atoms with E-state index in [1.165, 1.54) is 29.1 Å². The number of hydrogen-bond acceptors (Lipinski definition) is 10. The number of rotatable bonds is 9. The number of pyridine rings is 2. The van der Waals surface area contributed by atoms with Crippen LogP contribution in [0, 0.1) is 5.82 Å². The van der Waals surface area contributed by atoms with Crippen molar-refractivity contribution >= 4 is 41.0 Å². The standard InChI is InChI=1S/C40H46F2N10O6/c1-22(2)58-37-27(36(55)44-30-5-4-12-52(38(30)56)32-18-28(32)41)20-51-21-31(45-39(51)47-37)23-8-13-50(14-9-23)40(57)48(3)25-10-15-49(16-11-25)34-29(42)17-24(19-43-34)26-6-7-33(53)46-35(26)54/h4-5,12,17,19-23,25-26,28,32H,6-11,13-16,18H2,1-3H3,(H,44,55)(H,46,53,54)/t26?,28-,32+/m1/s1. The molecule has 7 heterocycles. The fourth-order valence-electron chi connectivity index (χ4n) is 8.18. The fraction of sp³-hybridized carbons (Fsp3) is 0.500. The topological polar surface area (TPSA) is 176 Å². The van der Waals surface area contributed by atoms with E-state index in [4.69, 9.17) is 9.72 Å². The normalized spacial score (nSPS) is 21.7. The van der Waals surface area contributed by atoms with Gasteiger partial charge in [-0.2, -0.15) is 4.98 Å². The van der Waals surface area contributed by atoms with Crippen LogP contribution >= 0.6 is 0 Å². The maximum atomic E-state index is 15.3. The molecule has 1 saturated carbocycles. The molecule has 0 radical (unpaired) electrons. The molecule has 3 atom stereocenters. The summed E-state index contributed by atoms with van der Waals surface area (Å²) >= 11 is 0. The Morgan fingerprint density at radius 2 is 1.78 bits per heavy atom. The van der Waals surface area contributed by atoms with Crippen molar-refractivity contribution < 1.29 is 32.7 Å². The maximum absolute atomic E-state index is 15.3. The molecule has 16 nitrogen and oxygen atoms in total. The van der Waals surface area contributed by atoms with Crippen LogP contribution in [0.3, 0.4) is 0 Å². The van der Waals surface area contributed by atoms with Gasteiger partial charge in [0.1, 0.15) is 17.4 Å². The number of urea groups is 1. The molecule has 0 spiro atoms. The van der Waals surface area contributed by atoms with E-state index in [-0.39, 0.29) is 65.8 Å². The summed E-state index contributed by atoms with van der Waals surface area (Å²) in [4.78, 5) is 83.2. The van der Waals surface area contributed by atoms with E-state index in [0.717, 1.165) is 5.69 Å². The number of nitrogens with zero attached hydrogens (tertiary/aromatic N) is 8. The second kappa shape index (κ2) is 15.8. The van der Waals surface area contributed by atoms with Crippen molar-refractivity contribution in [2.75, 3.05) is 43.4 Å². The van der Waals surface area contributed by atoms with Crippen LogP contribution in [0.5, 0.6) is 5.88 Å². The lowest BCUT2D eigenvalue weighted by atomic mass is 9.91. The van der Waals surface area contributed by atoms with Crippen LogP contribution in [0.15, 0.2) is 47.8 Å². The number of piperidine rings is 3. The van der Waals surface area contributed by atoms with E-state index in [2.05, 4.69) is 20.6 Å². The van der Waals surface area contributed by atoms with Crippen molar-refractivity contribution in [1.82, 2.24) is 39.0 Å². The van der Waals surface area contributed by atoms with Crippen molar-refractivity contribution in [2.24, 2.45) is 0 Å². The molecule has 3 saturated heterocycles. The van der Waals surface area contributed by atoms with Gasteiger partial charge in [0.2, 0.25) is 23.5 Å². The Hall–Kier alpha value is -5.94. The molecular formula is C40H46F2N10O6. The van der Waals surface area contributed by atoms with Crippen LogP contribution in [0.1, 0.15) is 98.3 Å². The third-order valence-corrected chi connectivity index (χ3v) is 11.6. The third kappa shape index (κ3) is 7.83. The number of fused-ring (bicyclic) bond motifs is 1. The second-order valence-electron chi connectivity index (χ2n) is 15.9. The molecule has 4 aliphatic rings. The van der Waals surface area contributed by atoms with Crippen LogP contribution in [-0.2, 0) is 9.59 Å². The molecule has 18 heteroatoms. The van der Waals surface area contributed by atoms with Crippen LogP contribution in [-0.4, -0.2) is 109 Å². The van der Waals surface area contributed by atoms with Crippen molar-refractivity contribution in [3.8, 4) is 5.88 Å². The molecule has 0 aromatic carbocycles. The maximum Gasteiger partial charge on any atom is 0.319 e. The number of alkyl halides is 1. The molecule has 8 rings (SSSR count). The predicted octanol–water partition coefficient (Wildman–Crippen LogP) is 4.17. The number of carbonyl (C=O) groups excluding carboxylic acids is 4.